The molecule has 1 atom stereocenters. The molecule has 1 aromatic heterocycles. The summed E-state index contributed by atoms with van der Waals surface area (Å²) in [4.78, 5) is 15.9. The summed E-state index contributed by atoms with van der Waals surface area (Å²) in [6.45, 7) is 4.00. The summed E-state index contributed by atoms with van der Waals surface area (Å²) in [5.74, 6) is 0.287. The summed E-state index contributed by atoms with van der Waals surface area (Å²) in [5.41, 5.74) is 6.39. The van der Waals surface area contributed by atoms with Crippen LogP contribution in [-0.4, -0.2) is 28.7 Å². The molecular weight excluding hydrogens is 278 g/mol. The van der Waals surface area contributed by atoms with Gasteiger partial charge in [0.15, 0.2) is 4.34 Å². The Bertz CT molecular complexity index is 535. The predicted octanol–water partition coefficient (Wildman–Crippen LogP) is 2.24. The summed E-state index contributed by atoms with van der Waals surface area (Å²) in [7, 11) is 0. The highest BCUT2D eigenvalue weighted by molar-refractivity contribution is 8.01. The van der Waals surface area contributed by atoms with Crippen LogP contribution in [0.15, 0.2) is 28.6 Å². The Morgan fingerprint density at radius 2 is 2.21 bits per heavy atom. The smallest absolute Gasteiger partial charge is 0.235 e. The Balaban J connectivity index is 2.02. The number of aromatic nitrogens is 1. The first kappa shape index (κ1) is 14.3. The summed E-state index contributed by atoms with van der Waals surface area (Å²) >= 11 is 3.21. The van der Waals surface area contributed by atoms with E-state index >= 15 is 0 Å². The summed E-state index contributed by atoms with van der Waals surface area (Å²) in [6, 6.07) is 7.93. The first-order valence-corrected chi connectivity index (χ1v) is 7.90. The molecule has 0 radical (unpaired) electrons. The van der Waals surface area contributed by atoms with Gasteiger partial charge in [-0.25, -0.2) is 4.98 Å². The number of carbonyl (C=O) groups excluding carboxylic acids is 1. The zero-order chi connectivity index (χ0) is 13.8. The Morgan fingerprint density at radius 3 is 2.84 bits per heavy atom. The van der Waals surface area contributed by atoms with Crippen molar-refractivity contribution in [3.63, 3.8) is 0 Å². The van der Waals surface area contributed by atoms with E-state index in [9.17, 15) is 4.79 Å². The number of benzene rings is 1. The van der Waals surface area contributed by atoms with E-state index in [0.29, 0.717) is 5.75 Å². The van der Waals surface area contributed by atoms with Crippen molar-refractivity contribution in [1.82, 2.24) is 10.3 Å². The van der Waals surface area contributed by atoms with Gasteiger partial charge in [0.2, 0.25) is 5.91 Å². The fourth-order valence-corrected chi connectivity index (χ4v) is 3.82. The van der Waals surface area contributed by atoms with Crippen LogP contribution >= 0.6 is 23.1 Å². The van der Waals surface area contributed by atoms with Gasteiger partial charge in [-0.3, -0.25) is 4.79 Å². The lowest BCUT2D eigenvalue weighted by atomic mass is 10.3. The molecule has 19 heavy (non-hydrogen) atoms. The average Bonchev–Trinajstić information content (AvgIpc) is 2.76. The molecule has 2 aromatic rings. The molecule has 0 aliphatic heterocycles. The number of nitrogens with zero attached hydrogens (tertiary/aromatic N) is 1. The molecular formula is C13H17N3OS2. The van der Waals surface area contributed by atoms with E-state index in [0.717, 1.165) is 14.6 Å². The largest absolute Gasteiger partial charge is 0.368 e. The number of rotatable bonds is 6. The van der Waals surface area contributed by atoms with E-state index in [1.54, 1.807) is 23.1 Å². The van der Waals surface area contributed by atoms with Gasteiger partial charge in [0.05, 0.1) is 16.3 Å². The lowest BCUT2D eigenvalue weighted by Gasteiger charge is -2.16. The molecule has 0 bridgehead atoms. The zero-order valence-electron chi connectivity index (χ0n) is 10.9. The van der Waals surface area contributed by atoms with Gasteiger partial charge in [0, 0.05) is 11.8 Å². The Labute approximate surface area is 120 Å². The lowest BCUT2D eigenvalue weighted by molar-refractivity contribution is -0.119. The third-order valence-corrected chi connectivity index (χ3v) is 4.80. The van der Waals surface area contributed by atoms with Crippen LogP contribution in [0.5, 0.6) is 0 Å². The number of hydrogen-bond acceptors (Lipinski definition) is 5. The molecule has 1 unspecified atom stereocenters. The van der Waals surface area contributed by atoms with Crippen LogP contribution in [-0.2, 0) is 4.79 Å². The van der Waals surface area contributed by atoms with Gasteiger partial charge in [0.1, 0.15) is 0 Å². The molecule has 0 saturated heterocycles. The number of primary amides is 1. The molecule has 0 aliphatic carbocycles. The SMILES string of the molecule is CC(C)NC(CSc1nc2ccccc2s1)C(N)=O. The molecule has 1 aromatic carbocycles. The van der Waals surface area contributed by atoms with E-state index in [2.05, 4.69) is 16.4 Å². The fourth-order valence-electron chi connectivity index (χ4n) is 1.68. The standard InChI is InChI=1S/C13H17N3OS2/c1-8(2)15-10(12(14)17)7-18-13-16-9-5-3-4-6-11(9)19-13/h3-6,8,10,15H,7H2,1-2H3,(H2,14,17). The Kier molecular flexibility index (Phi) is 4.79. The summed E-state index contributed by atoms with van der Waals surface area (Å²) in [6.07, 6.45) is 0. The molecule has 0 spiro atoms. The second-order valence-corrected chi connectivity index (χ2v) is 6.83. The van der Waals surface area contributed by atoms with E-state index in [4.69, 9.17) is 5.73 Å². The van der Waals surface area contributed by atoms with E-state index < -0.39 is 0 Å². The monoisotopic (exact) mass is 295 g/mol. The number of carbonyl (C=O) groups is 1. The topological polar surface area (TPSA) is 68.0 Å². The number of thioether (sulfide) groups is 1. The van der Waals surface area contributed by atoms with Crippen molar-refractivity contribution in [1.29, 1.82) is 0 Å². The van der Waals surface area contributed by atoms with Crippen LogP contribution in [0.2, 0.25) is 0 Å². The molecule has 6 heteroatoms. The maximum absolute atomic E-state index is 11.4. The van der Waals surface area contributed by atoms with Crippen molar-refractivity contribution in [3.05, 3.63) is 24.3 Å². The van der Waals surface area contributed by atoms with Gasteiger partial charge < -0.3 is 11.1 Å². The van der Waals surface area contributed by atoms with Gasteiger partial charge in [-0.1, -0.05) is 37.7 Å². The van der Waals surface area contributed by atoms with Crippen molar-refractivity contribution in [3.8, 4) is 0 Å². The van der Waals surface area contributed by atoms with Gasteiger partial charge in [0.25, 0.3) is 0 Å². The third kappa shape index (κ3) is 3.92. The molecule has 0 aliphatic rings. The molecule has 4 nitrogen and oxygen atoms in total. The normalized spacial score (nSPS) is 13.0. The minimum Gasteiger partial charge on any atom is -0.368 e. The van der Waals surface area contributed by atoms with E-state index in [-0.39, 0.29) is 18.0 Å². The van der Waals surface area contributed by atoms with Crippen LogP contribution in [0.4, 0.5) is 0 Å². The highest BCUT2D eigenvalue weighted by Crippen LogP contribution is 2.29. The number of amides is 1. The van der Waals surface area contributed by atoms with Crippen molar-refractivity contribution in [2.75, 3.05) is 5.75 Å². The number of nitrogens with two attached hydrogens (primary N) is 1. The fraction of sp³-hybridized carbons (Fsp3) is 0.385. The first-order chi connectivity index (χ1) is 9.06. The van der Waals surface area contributed by atoms with Crippen LogP contribution in [0, 0.1) is 0 Å². The van der Waals surface area contributed by atoms with E-state index in [1.807, 2.05) is 32.0 Å². The first-order valence-electron chi connectivity index (χ1n) is 6.10. The molecule has 1 amide bonds. The van der Waals surface area contributed by atoms with Crippen molar-refractivity contribution in [2.24, 2.45) is 5.73 Å². The minimum absolute atomic E-state index is 0.230. The van der Waals surface area contributed by atoms with Crippen LogP contribution in [0.25, 0.3) is 10.2 Å². The predicted molar refractivity (Wildman–Crippen MR) is 81.6 cm³/mol. The average molecular weight is 295 g/mol. The van der Waals surface area contributed by atoms with Crippen LogP contribution in [0.3, 0.4) is 0 Å². The van der Waals surface area contributed by atoms with E-state index in [1.165, 1.54) is 0 Å². The number of hydrogen-bond donors (Lipinski definition) is 2. The maximum atomic E-state index is 11.4. The minimum atomic E-state index is -0.322. The summed E-state index contributed by atoms with van der Waals surface area (Å²) in [5, 5.41) is 3.16. The quantitative estimate of drug-likeness (QED) is 0.802. The zero-order valence-corrected chi connectivity index (χ0v) is 12.6. The second kappa shape index (κ2) is 6.36. The van der Waals surface area contributed by atoms with Gasteiger partial charge in [-0.2, -0.15) is 0 Å². The number of fused-ring (bicyclic) bond motifs is 1. The Morgan fingerprint density at radius 1 is 1.47 bits per heavy atom. The molecule has 3 N–H and O–H groups in total. The maximum Gasteiger partial charge on any atom is 0.235 e. The molecule has 102 valence electrons. The number of para-hydroxylation sites is 1. The second-order valence-electron chi connectivity index (χ2n) is 4.53. The highest BCUT2D eigenvalue weighted by Gasteiger charge is 2.17. The molecule has 0 fully saturated rings. The van der Waals surface area contributed by atoms with Crippen molar-refractivity contribution in [2.45, 2.75) is 30.3 Å². The number of nitrogens with one attached hydrogen (secondary N) is 1. The molecule has 0 saturated carbocycles. The van der Waals surface area contributed by atoms with Crippen LogP contribution in [0.1, 0.15) is 13.8 Å². The summed E-state index contributed by atoms with van der Waals surface area (Å²) < 4.78 is 2.13. The Hall–Kier alpha value is -1.11. The van der Waals surface area contributed by atoms with Gasteiger partial charge in [-0.05, 0) is 12.1 Å². The van der Waals surface area contributed by atoms with Gasteiger partial charge in [-0.15, -0.1) is 11.3 Å². The van der Waals surface area contributed by atoms with Gasteiger partial charge >= 0.3 is 0 Å². The lowest BCUT2D eigenvalue weighted by Crippen LogP contribution is -2.46. The van der Waals surface area contributed by atoms with Crippen LogP contribution < -0.4 is 11.1 Å². The molecule has 2 rings (SSSR count). The number of thiazole rings is 1. The third-order valence-electron chi connectivity index (χ3n) is 2.53. The highest BCUT2D eigenvalue weighted by atomic mass is 32.2. The molecule has 1 heterocycles. The van der Waals surface area contributed by atoms with Crippen molar-refractivity contribution >= 4 is 39.2 Å². The van der Waals surface area contributed by atoms with Crippen molar-refractivity contribution < 1.29 is 4.79 Å².